The van der Waals surface area contributed by atoms with Crippen molar-refractivity contribution < 1.29 is 10.2 Å². The molecule has 1 rings (SSSR count). The highest BCUT2D eigenvalue weighted by Gasteiger charge is 2.23. The van der Waals surface area contributed by atoms with Crippen LogP contribution in [0.5, 0.6) is 0 Å². The molecule has 0 spiro atoms. The Morgan fingerprint density at radius 2 is 1.65 bits per heavy atom. The van der Waals surface area contributed by atoms with E-state index in [9.17, 15) is 10.2 Å². The molecule has 0 fully saturated rings. The number of unbranched alkanes of at least 4 members (excludes halogenated alkanes) is 9. The zero-order chi connectivity index (χ0) is 16.8. The quantitative estimate of drug-likeness (QED) is 0.334. The Kier molecular flexibility index (Phi) is 10.5. The van der Waals surface area contributed by atoms with Gasteiger partial charge in [-0.1, -0.05) is 82.6 Å². The standard InChI is InChI=1S/C21H34O2/c1-2-3-4-5-6-7-8-9-10-11-12-13-14-17-21(23)18-15-16-20(22)19-21/h12-18,22-23H,2-11,19H2,1H3/b13-12+,17-14+. The molecule has 0 aromatic heterocycles. The number of allylic oxidation sites excluding steroid dienone is 5. The Morgan fingerprint density at radius 3 is 2.30 bits per heavy atom. The molecular formula is C21H34O2. The highest BCUT2D eigenvalue weighted by molar-refractivity contribution is 5.28. The van der Waals surface area contributed by atoms with E-state index in [-0.39, 0.29) is 12.2 Å². The predicted molar refractivity (Wildman–Crippen MR) is 99.5 cm³/mol. The van der Waals surface area contributed by atoms with Crippen LogP contribution in [0.3, 0.4) is 0 Å². The zero-order valence-corrected chi connectivity index (χ0v) is 14.7. The summed E-state index contributed by atoms with van der Waals surface area (Å²) in [5.74, 6) is 0.221. The fourth-order valence-electron chi connectivity index (χ4n) is 2.82. The molecular weight excluding hydrogens is 284 g/mol. The van der Waals surface area contributed by atoms with Crippen molar-refractivity contribution >= 4 is 0 Å². The van der Waals surface area contributed by atoms with Gasteiger partial charge in [0.05, 0.1) is 5.76 Å². The van der Waals surface area contributed by atoms with E-state index in [1.807, 2.05) is 12.2 Å². The van der Waals surface area contributed by atoms with Gasteiger partial charge in [0.1, 0.15) is 5.60 Å². The van der Waals surface area contributed by atoms with Gasteiger partial charge in [0.15, 0.2) is 0 Å². The lowest BCUT2D eigenvalue weighted by molar-refractivity contribution is 0.125. The first-order chi connectivity index (χ1) is 11.2. The zero-order valence-electron chi connectivity index (χ0n) is 14.7. The smallest absolute Gasteiger partial charge is 0.108 e. The van der Waals surface area contributed by atoms with Crippen LogP contribution in [0.25, 0.3) is 0 Å². The van der Waals surface area contributed by atoms with Crippen molar-refractivity contribution in [3.63, 3.8) is 0 Å². The molecule has 0 aromatic rings. The topological polar surface area (TPSA) is 40.5 Å². The van der Waals surface area contributed by atoms with Crippen molar-refractivity contribution in [3.8, 4) is 0 Å². The van der Waals surface area contributed by atoms with E-state index < -0.39 is 5.60 Å². The molecule has 0 radical (unpaired) electrons. The molecule has 2 nitrogen and oxygen atoms in total. The summed E-state index contributed by atoms with van der Waals surface area (Å²) in [5, 5.41) is 19.7. The van der Waals surface area contributed by atoms with E-state index in [0.29, 0.717) is 0 Å². The molecule has 2 heteroatoms. The van der Waals surface area contributed by atoms with E-state index in [2.05, 4.69) is 13.0 Å². The summed E-state index contributed by atoms with van der Waals surface area (Å²) in [6, 6.07) is 0. The first-order valence-electron chi connectivity index (χ1n) is 9.30. The highest BCUT2D eigenvalue weighted by Crippen LogP contribution is 2.22. The molecule has 1 aliphatic carbocycles. The van der Waals surface area contributed by atoms with E-state index in [1.54, 1.807) is 24.3 Å². The Labute approximate surface area is 142 Å². The second-order valence-corrected chi connectivity index (χ2v) is 6.59. The van der Waals surface area contributed by atoms with Crippen LogP contribution < -0.4 is 0 Å². The fourth-order valence-corrected chi connectivity index (χ4v) is 2.82. The third-order valence-electron chi connectivity index (χ3n) is 4.24. The van der Waals surface area contributed by atoms with Crippen molar-refractivity contribution in [1.82, 2.24) is 0 Å². The van der Waals surface area contributed by atoms with E-state index in [4.69, 9.17) is 0 Å². The molecule has 0 saturated carbocycles. The molecule has 0 saturated heterocycles. The van der Waals surface area contributed by atoms with Gasteiger partial charge in [-0.25, -0.2) is 0 Å². The monoisotopic (exact) mass is 318 g/mol. The summed E-state index contributed by atoms with van der Waals surface area (Å²) in [6.45, 7) is 2.26. The van der Waals surface area contributed by atoms with Crippen molar-refractivity contribution in [3.05, 3.63) is 48.3 Å². The largest absolute Gasteiger partial charge is 0.512 e. The van der Waals surface area contributed by atoms with Gasteiger partial charge in [-0.05, 0) is 31.1 Å². The van der Waals surface area contributed by atoms with Gasteiger partial charge < -0.3 is 10.2 Å². The Bertz CT molecular complexity index is 418. The van der Waals surface area contributed by atoms with Crippen molar-refractivity contribution in [2.75, 3.05) is 0 Å². The van der Waals surface area contributed by atoms with Crippen molar-refractivity contribution in [2.24, 2.45) is 0 Å². The molecule has 1 unspecified atom stereocenters. The van der Waals surface area contributed by atoms with Crippen LogP contribution in [0.1, 0.15) is 77.6 Å². The Hall–Kier alpha value is -1.28. The van der Waals surface area contributed by atoms with Crippen LogP contribution >= 0.6 is 0 Å². The fraction of sp³-hybridized carbons (Fsp3) is 0.619. The molecule has 0 bridgehead atoms. The minimum atomic E-state index is -1.04. The molecule has 1 aliphatic rings. The third kappa shape index (κ3) is 10.2. The summed E-state index contributed by atoms with van der Waals surface area (Å²) in [6.07, 6.45) is 26.3. The van der Waals surface area contributed by atoms with Gasteiger partial charge in [0.25, 0.3) is 0 Å². The van der Waals surface area contributed by atoms with Crippen LogP contribution in [0.15, 0.2) is 48.3 Å². The molecule has 130 valence electrons. The van der Waals surface area contributed by atoms with Crippen LogP contribution in [-0.2, 0) is 0 Å². The van der Waals surface area contributed by atoms with E-state index in [1.165, 1.54) is 57.8 Å². The lowest BCUT2D eigenvalue weighted by atomic mass is 9.93. The molecule has 0 heterocycles. The van der Waals surface area contributed by atoms with E-state index in [0.717, 1.165) is 6.42 Å². The van der Waals surface area contributed by atoms with Gasteiger partial charge in [-0.15, -0.1) is 0 Å². The summed E-state index contributed by atoms with van der Waals surface area (Å²) in [7, 11) is 0. The average molecular weight is 319 g/mol. The Morgan fingerprint density at radius 1 is 1.00 bits per heavy atom. The van der Waals surface area contributed by atoms with Gasteiger partial charge in [0.2, 0.25) is 0 Å². The molecule has 23 heavy (non-hydrogen) atoms. The SMILES string of the molecule is CCCCCCCCCCC/C=C/C=C/C1(O)C=CC=C(O)C1. The van der Waals surface area contributed by atoms with Crippen molar-refractivity contribution in [2.45, 2.75) is 83.2 Å². The second-order valence-electron chi connectivity index (χ2n) is 6.59. The summed E-state index contributed by atoms with van der Waals surface area (Å²) in [4.78, 5) is 0. The van der Waals surface area contributed by atoms with Gasteiger partial charge in [0, 0.05) is 6.42 Å². The van der Waals surface area contributed by atoms with E-state index >= 15 is 0 Å². The number of hydrogen-bond donors (Lipinski definition) is 2. The molecule has 2 N–H and O–H groups in total. The number of rotatable bonds is 12. The molecule has 0 aromatic carbocycles. The first kappa shape index (κ1) is 19.8. The second kappa shape index (κ2) is 12.2. The van der Waals surface area contributed by atoms with Crippen LogP contribution in [0.2, 0.25) is 0 Å². The van der Waals surface area contributed by atoms with Gasteiger partial charge >= 0.3 is 0 Å². The van der Waals surface area contributed by atoms with Crippen LogP contribution in [-0.4, -0.2) is 15.8 Å². The maximum Gasteiger partial charge on any atom is 0.108 e. The lowest BCUT2D eigenvalue weighted by Gasteiger charge is -2.22. The molecule has 0 amide bonds. The molecule has 0 aliphatic heterocycles. The van der Waals surface area contributed by atoms with Gasteiger partial charge in [-0.2, -0.15) is 0 Å². The van der Waals surface area contributed by atoms with Crippen LogP contribution in [0.4, 0.5) is 0 Å². The highest BCUT2D eigenvalue weighted by atomic mass is 16.3. The van der Waals surface area contributed by atoms with Crippen molar-refractivity contribution in [1.29, 1.82) is 0 Å². The minimum Gasteiger partial charge on any atom is -0.512 e. The number of hydrogen-bond acceptors (Lipinski definition) is 2. The summed E-state index contributed by atoms with van der Waals surface area (Å²) in [5.41, 5.74) is -1.04. The maximum absolute atomic E-state index is 10.2. The van der Waals surface area contributed by atoms with Gasteiger partial charge in [-0.3, -0.25) is 0 Å². The summed E-state index contributed by atoms with van der Waals surface area (Å²) >= 11 is 0. The van der Waals surface area contributed by atoms with Crippen LogP contribution in [0, 0.1) is 0 Å². The molecule has 1 atom stereocenters. The number of aliphatic hydroxyl groups is 2. The summed E-state index contributed by atoms with van der Waals surface area (Å²) < 4.78 is 0. The average Bonchev–Trinajstić information content (AvgIpc) is 2.51. The predicted octanol–water partition coefficient (Wildman–Crippen LogP) is 6.15. The normalized spacial score (nSPS) is 21.4. The third-order valence-corrected chi connectivity index (χ3v) is 4.24. The number of aliphatic hydroxyl groups excluding tert-OH is 1. The first-order valence-corrected chi connectivity index (χ1v) is 9.30. The Balaban J connectivity index is 1.99. The maximum atomic E-state index is 10.2. The lowest BCUT2D eigenvalue weighted by Crippen LogP contribution is -2.24. The minimum absolute atomic E-state index is 0.221.